The first-order valence-electron chi connectivity index (χ1n) is 12.9. The molecule has 13 heteroatoms. The van der Waals surface area contributed by atoms with Gasteiger partial charge in [0.05, 0.1) is 5.52 Å². The summed E-state index contributed by atoms with van der Waals surface area (Å²) in [5.41, 5.74) is 0.878. The highest BCUT2D eigenvalue weighted by Crippen LogP contribution is 2.34. The smallest absolute Gasteiger partial charge is 0.404 e. The summed E-state index contributed by atoms with van der Waals surface area (Å²) in [5, 5.41) is 7.86. The Balaban J connectivity index is 1.14. The van der Waals surface area contributed by atoms with Gasteiger partial charge in [-0.2, -0.15) is 4.98 Å². The number of hydrogen-bond donors (Lipinski definition) is 3. The lowest BCUT2D eigenvalue weighted by atomic mass is 9.82. The summed E-state index contributed by atoms with van der Waals surface area (Å²) in [7, 11) is -4.20. The molecule has 0 radical (unpaired) electrons. The average Bonchev–Trinajstić information content (AvgIpc) is 3.70. The number of nitrogens with zero attached hydrogens (tertiary/aromatic N) is 2. The van der Waals surface area contributed by atoms with Gasteiger partial charge in [-0.15, -0.1) is 13.2 Å². The fourth-order valence-electron chi connectivity index (χ4n) is 4.78. The summed E-state index contributed by atoms with van der Waals surface area (Å²) in [6.07, 6.45) is 0.660. The van der Waals surface area contributed by atoms with E-state index in [9.17, 15) is 21.6 Å². The number of nitrogens with one attached hydrogen (secondary N) is 3. The molecule has 39 heavy (non-hydrogen) atoms. The number of hydrogen-bond acceptors (Lipinski definition) is 7. The molecule has 0 saturated heterocycles. The van der Waals surface area contributed by atoms with Gasteiger partial charge >= 0.3 is 6.36 Å². The molecule has 3 aromatic rings. The van der Waals surface area contributed by atoms with E-state index < -0.39 is 27.0 Å². The van der Waals surface area contributed by atoms with E-state index in [0.29, 0.717) is 24.5 Å². The number of aromatic nitrogens is 2. The van der Waals surface area contributed by atoms with Crippen molar-refractivity contribution in [1.29, 1.82) is 0 Å². The molecule has 0 bridgehead atoms. The topological polar surface area (TPSA) is 105 Å². The molecule has 5 rings (SSSR count). The van der Waals surface area contributed by atoms with Gasteiger partial charge in [-0.25, -0.2) is 18.1 Å². The van der Waals surface area contributed by atoms with Crippen molar-refractivity contribution >= 4 is 48.6 Å². The summed E-state index contributed by atoms with van der Waals surface area (Å²) >= 11 is 3.05. The van der Waals surface area contributed by atoms with Gasteiger partial charge in [0.25, 0.3) is 0 Å². The average molecular weight is 629 g/mol. The van der Waals surface area contributed by atoms with Crippen LogP contribution in [0.15, 0.2) is 51.8 Å². The van der Waals surface area contributed by atoms with Crippen LogP contribution in [0.2, 0.25) is 0 Å². The summed E-state index contributed by atoms with van der Waals surface area (Å²) in [4.78, 5) is 8.82. The number of benzene rings is 2. The Hall–Kier alpha value is -2.64. The van der Waals surface area contributed by atoms with Crippen molar-refractivity contribution in [2.24, 2.45) is 11.8 Å². The summed E-state index contributed by atoms with van der Waals surface area (Å²) in [6, 6.07) is 11.8. The highest BCUT2D eigenvalue weighted by atomic mass is 79.9. The van der Waals surface area contributed by atoms with Crippen LogP contribution >= 0.6 is 15.9 Å². The Morgan fingerprint density at radius 3 is 2.33 bits per heavy atom. The van der Waals surface area contributed by atoms with E-state index in [1.54, 1.807) is 0 Å². The Labute approximate surface area is 233 Å². The number of anilines is 2. The molecule has 3 N–H and O–H groups in total. The van der Waals surface area contributed by atoms with Gasteiger partial charge in [0, 0.05) is 29.0 Å². The van der Waals surface area contributed by atoms with Crippen molar-refractivity contribution < 1.29 is 26.3 Å². The predicted octanol–water partition coefficient (Wildman–Crippen LogP) is 6.06. The molecule has 2 aromatic carbocycles. The highest BCUT2D eigenvalue weighted by Gasteiger charge is 2.34. The van der Waals surface area contributed by atoms with Crippen molar-refractivity contribution in [3.8, 4) is 5.75 Å². The standard InChI is InChI=1S/C26H29BrF3N5O3S/c27-18-9-12-23(22(13-18)38-26(28,29)30)39(36,37)32-15-17-7-5-16(6-8-17)14-31-25-34-21-4-2-1-3-20(21)24(35-25)33-19-10-11-19/h1-4,9,12-13,16-17,19,32H,5-8,10-11,14-15H2,(H2,31,33,34,35)/t16-,17-. The van der Waals surface area contributed by atoms with Crippen LogP contribution in [0, 0.1) is 11.8 Å². The second kappa shape index (κ2) is 11.5. The number of rotatable bonds is 10. The molecule has 0 unspecified atom stereocenters. The zero-order valence-corrected chi connectivity index (χ0v) is 23.4. The molecule has 2 aliphatic rings. The molecular formula is C26H29BrF3N5O3S. The zero-order valence-electron chi connectivity index (χ0n) is 21.0. The largest absolute Gasteiger partial charge is 0.573 e. The van der Waals surface area contributed by atoms with Gasteiger partial charge in [0.15, 0.2) is 5.75 Å². The third kappa shape index (κ3) is 7.52. The third-order valence-corrected chi connectivity index (χ3v) is 8.98. The van der Waals surface area contributed by atoms with Gasteiger partial charge in [0.2, 0.25) is 16.0 Å². The molecule has 0 atom stereocenters. The van der Waals surface area contributed by atoms with Crippen LogP contribution in [0.3, 0.4) is 0 Å². The van der Waals surface area contributed by atoms with E-state index >= 15 is 0 Å². The zero-order chi connectivity index (χ0) is 27.6. The summed E-state index contributed by atoms with van der Waals surface area (Å²) < 4.78 is 70.7. The first-order chi connectivity index (χ1) is 18.6. The van der Waals surface area contributed by atoms with Crippen molar-refractivity contribution in [2.75, 3.05) is 23.7 Å². The molecular weight excluding hydrogens is 599 g/mol. The Morgan fingerprint density at radius 2 is 1.64 bits per heavy atom. The van der Waals surface area contributed by atoms with Crippen LogP contribution in [-0.4, -0.2) is 43.9 Å². The van der Waals surface area contributed by atoms with Gasteiger partial charge in [-0.1, -0.05) is 28.1 Å². The quantitative estimate of drug-likeness (QED) is 0.251. The van der Waals surface area contributed by atoms with Crippen LogP contribution in [0.5, 0.6) is 5.75 Å². The van der Waals surface area contributed by atoms with Crippen LogP contribution in [0.4, 0.5) is 24.9 Å². The number of halogens is 4. The second-order valence-corrected chi connectivity index (χ2v) is 12.7. The van der Waals surface area contributed by atoms with E-state index in [1.807, 2.05) is 24.3 Å². The molecule has 2 aliphatic carbocycles. The predicted molar refractivity (Wildman–Crippen MR) is 146 cm³/mol. The van der Waals surface area contributed by atoms with E-state index in [2.05, 4.69) is 41.0 Å². The number of fused-ring (bicyclic) bond motifs is 1. The molecule has 1 aromatic heterocycles. The lowest BCUT2D eigenvalue weighted by Crippen LogP contribution is -2.33. The van der Waals surface area contributed by atoms with Crippen LogP contribution < -0.4 is 20.1 Å². The summed E-state index contributed by atoms with van der Waals surface area (Å²) in [5.74, 6) is 1.12. The van der Waals surface area contributed by atoms with Crippen LogP contribution in [0.25, 0.3) is 10.9 Å². The fraction of sp³-hybridized carbons (Fsp3) is 0.462. The van der Waals surface area contributed by atoms with Gasteiger partial charge < -0.3 is 15.4 Å². The molecule has 8 nitrogen and oxygen atoms in total. The molecule has 0 amide bonds. The maximum absolute atomic E-state index is 12.8. The van der Waals surface area contributed by atoms with E-state index in [-0.39, 0.29) is 16.9 Å². The Morgan fingerprint density at radius 1 is 0.949 bits per heavy atom. The van der Waals surface area contributed by atoms with E-state index in [4.69, 9.17) is 4.98 Å². The van der Waals surface area contributed by atoms with Crippen LogP contribution in [0.1, 0.15) is 38.5 Å². The molecule has 2 saturated carbocycles. The molecule has 210 valence electrons. The third-order valence-electron chi connectivity index (χ3n) is 7.02. The minimum Gasteiger partial charge on any atom is -0.404 e. The van der Waals surface area contributed by atoms with E-state index in [0.717, 1.165) is 67.4 Å². The molecule has 2 fully saturated rings. The minimum atomic E-state index is -5.01. The number of alkyl halides is 3. The maximum atomic E-state index is 12.8. The second-order valence-electron chi connectivity index (χ2n) is 10.1. The first kappa shape index (κ1) is 27.9. The van der Waals surface area contributed by atoms with Crippen LogP contribution in [-0.2, 0) is 10.0 Å². The normalized spacial score (nSPS) is 20.1. The minimum absolute atomic E-state index is 0.0877. The molecule has 0 spiro atoms. The Bertz CT molecular complexity index is 1430. The monoisotopic (exact) mass is 627 g/mol. The highest BCUT2D eigenvalue weighted by molar-refractivity contribution is 9.10. The molecule has 1 heterocycles. The van der Waals surface area contributed by atoms with Gasteiger partial charge in [0.1, 0.15) is 10.7 Å². The SMILES string of the molecule is O=S(=O)(NC[C@H]1CC[C@H](CNc2nc(NC3CC3)c3ccccc3n2)CC1)c1ccc(Br)cc1OC(F)(F)F. The number of para-hydroxylation sites is 1. The summed E-state index contributed by atoms with van der Waals surface area (Å²) in [6.45, 7) is 0.852. The lowest BCUT2D eigenvalue weighted by Gasteiger charge is -2.28. The van der Waals surface area contributed by atoms with Crippen molar-refractivity contribution in [1.82, 2.24) is 14.7 Å². The first-order valence-corrected chi connectivity index (χ1v) is 15.2. The van der Waals surface area contributed by atoms with E-state index in [1.165, 1.54) is 6.07 Å². The van der Waals surface area contributed by atoms with Gasteiger partial charge in [-0.3, -0.25) is 0 Å². The maximum Gasteiger partial charge on any atom is 0.573 e. The van der Waals surface area contributed by atoms with Crippen molar-refractivity contribution in [3.63, 3.8) is 0 Å². The number of ether oxygens (including phenoxy) is 1. The van der Waals surface area contributed by atoms with Crippen molar-refractivity contribution in [2.45, 2.75) is 55.8 Å². The molecule has 0 aliphatic heterocycles. The van der Waals surface area contributed by atoms with Gasteiger partial charge in [-0.05, 0) is 80.7 Å². The fourth-order valence-corrected chi connectivity index (χ4v) is 6.34. The number of sulfonamides is 1. The lowest BCUT2D eigenvalue weighted by molar-refractivity contribution is -0.275. The Kier molecular flexibility index (Phi) is 8.20. The van der Waals surface area contributed by atoms with Crippen molar-refractivity contribution in [3.05, 3.63) is 46.9 Å².